The van der Waals surface area contributed by atoms with Crippen molar-refractivity contribution in [1.82, 2.24) is 10.3 Å². The molecule has 0 saturated heterocycles. The van der Waals surface area contributed by atoms with Crippen molar-refractivity contribution in [3.8, 4) is 0 Å². The molecule has 14 heavy (non-hydrogen) atoms. The molecule has 80 valence electrons. The van der Waals surface area contributed by atoms with Crippen LogP contribution in [0.15, 0.2) is 5.51 Å². The highest BCUT2D eigenvalue weighted by atomic mass is 32.2. The molecular weight excluding hydrogens is 212 g/mol. The molecule has 0 amide bonds. The normalized spacial score (nSPS) is 13.1. The van der Waals surface area contributed by atoms with E-state index in [0.29, 0.717) is 6.04 Å². The molecule has 0 saturated carbocycles. The van der Waals surface area contributed by atoms with Gasteiger partial charge in [0, 0.05) is 10.9 Å². The van der Waals surface area contributed by atoms with Crippen molar-refractivity contribution in [3.05, 3.63) is 16.1 Å². The third kappa shape index (κ3) is 3.59. The fourth-order valence-electron chi connectivity index (χ4n) is 1.35. The lowest BCUT2D eigenvalue weighted by atomic mass is 10.2. The molecule has 0 radical (unpaired) electrons. The van der Waals surface area contributed by atoms with E-state index >= 15 is 0 Å². The van der Waals surface area contributed by atoms with Gasteiger partial charge in [0.05, 0.1) is 11.2 Å². The van der Waals surface area contributed by atoms with Crippen LogP contribution in [0.1, 0.15) is 30.0 Å². The summed E-state index contributed by atoms with van der Waals surface area (Å²) >= 11 is 3.65. The van der Waals surface area contributed by atoms with Gasteiger partial charge in [-0.15, -0.1) is 11.3 Å². The molecule has 0 aliphatic heterocycles. The molecule has 0 bridgehead atoms. The zero-order chi connectivity index (χ0) is 10.4. The first-order chi connectivity index (χ1) is 6.75. The third-order valence-electron chi connectivity index (χ3n) is 2.15. The lowest BCUT2D eigenvalue weighted by molar-refractivity contribution is 0.577. The van der Waals surface area contributed by atoms with Crippen LogP contribution in [0.4, 0.5) is 0 Å². The van der Waals surface area contributed by atoms with E-state index in [1.54, 1.807) is 11.3 Å². The summed E-state index contributed by atoms with van der Waals surface area (Å²) in [5.74, 6) is 1.24. The number of hydrogen-bond donors (Lipinski definition) is 1. The number of hydrogen-bond acceptors (Lipinski definition) is 4. The van der Waals surface area contributed by atoms with E-state index in [4.69, 9.17) is 0 Å². The van der Waals surface area contributed by atoms with Crippen LogP contribution >= 0.6 is 23.1 Å². The Morgan fingerprint density at radius 3 is 3.00 bits per heavy atom. The Bertz CT molecular complexity index is 260. The molecule has 1 atom stereocenters. The highest BCUT2D eigenvalue weighted by Crippen LogP contribution is 2.20. The van der Waals surface area contributed by atoms with Crippen molar-refractivity contribution in [2.24, 2.45) is 0 Å². The molecule has 1 aromatic heterocycles. The quantitative estimate of drug-likeness (QED) is 0.761. The number of aryl methyl sites for hydroxylation is 1. The number of nitrogens with one attached hydrogen (secondary N) is 1. The minimum Gasteiger partial charge on any atom is -0.309 e. The van der Waals surface area contributed by atoms with Crippen LogP contribution in [0.5, 0.6) is 0 Å². The summed E-state index contributed by atoms with van der Waals surface area (Å²) in [6.45, 7) is 5.38. The van der Waals surface area contributed by atoms with Crippen molar-refractivity contribution in [2.45, 2.75) is 26.3 Å². The van der Waals surface area contributed by atoms with Crippen LogP contribution in [0.2, 0.25) is 0 Å². The van der Waals surface area contributed by atoms with Crippen molar-refractivity contribution < 1.29 is 0 Å². The molecule has 1 rings (SSSR count). The van der Waals surface area contributed by atoms with Crippen molar-refractivity contribution in [3.63, 3.8) is 0 Å². The maximum absolute atomic E-state index is 4.26. The molecule has 0 aliphatic carbocycles. The number of nitrogens with zero attached hydrogens (tertiary/aromatic N) is 1. The van der Waals surface area contributed by atoms with Gasteiger partial charge in [-0.05, 0) is 38.8 Å². The Hall–Kier alpha value is -0.0600. The maximum Gasteiger partial charge on any atom is 0.0798 e. The first-order valence-corrected chi connectivity index (χ1v) is 7.15. The van der Waals surface area contributed by atoms with E-state index in [0.717, 1.165) is 6.54 Å². The smallest absolute Gasteiger partial charge is 0.0798 e. The van der Waals surface area contributed by atoms with Gasteiger partial charge in [-0.3, -0.25) is 0 Å². The Balaban J connectivity index is 2.28. The zero-order valence-corrected chi connectivity index (χ0v) is 10.7. The zero-order valence-electron chi connectivity index (χ0n) is 9.04. The average Bonchev–Trinajstić information content (AvgIpc) is 2.59. The van der Waals surface area contributed by atoms with Gasteiger partial charge < -0.3 is 5.32 Å². The van der Waals surface area contributed by atoms with Crippen LogP contribution in [-0.4, -0.2) is 23.5 Å². The van der Waals surface area contributed by atoms with Crippen molar-refractivity contribution >= 4 is 23.1 Å². The molecule has 1 unspecified atom stereocenters. The Kier molecular flexibility index (Phi) is 5.52. The van der Waals surface area contributed by atoms with Gasteiger partial charge >= 0.3 is 0 Å². The lowest BCUT2D eigenvalue weighted by Crippen LogP contribution is -2.20. The number of rotatable bonds is 6. The van der Waals surface area contributed by atoms with E-state index < -0.39 is 0 Å². The van der Waals surface area contributed by atoms with Crippen LogP contribution in [-0.2, 0) is 0 Å². The fraction of sp³-hybridized carbons (Fsp3) is 0.700. The summed E-state index contributed by atoms with van der Waals surface area (Å²) in [6.07, 6.45) is 3.39. The molecule has 0 aliphatic rings. The van der Waals surface area contributed by atoms with Crippen LogP contribution in [0.3, 0.4) is 0 Å². The van der Waals surface area contributed by atoms with E-state index in [1.165, 1.54) is 22.7 Å². The first-order valence-electron chi connectivity index (χ1n) is 4.88. The largest absolute Gasteiger partial charge is 0.309 e. The molecule has 1 heterocycles. The molecule has 0 spiro atoms. The topological polar surface area (TPSA) is 24.9 Å². The van der Waals surface area contributed by atoms with Gasteiger partial charge in [-0.1, -0.05) is 0 Å². The van der Waals surface area contributed by atoms with Gasteiger partial charge in [-0.2, -0.15) is 11.8 Å². The first kappa shape index (κ1) is 12.0. The molecule has 1 aromatic rings. The van der Waals surface area contributed by atoms with Gasteiger partial charge in [0.15, 0.2) is 0 Å². The second kappa shape index (κ2) is 6.43. The van der Waals surface area contributed by atoms with Gasteiger partial charge in [0.2, 0.25) is 0 Å². The summed E-state index contributed by atoms with van der Waals surface area (Å²) < 4.78 is 0. The monoisotopic (exact) mass is 230 g/mol. The summed E-state index contributed by atoms with van der Waals surface area (Å²) in [5, 5.41) is 3.52. The summed E-state index contributed by atoms with van der Waals surface area (Å²) in [5.41, 5.74) is 3.09. The van der Waals surface area contributed by atoms with Crippen LogP contribution in [0, 0.1) is 6.92 Å². The van der Waals surface area contributed by atoms with E-state index in [9.17, 15) is 0 Å². The van der Waals surface area contributed by atoms with Crippen molar-refractivity contribution in [1.29, 1.82) is 0 Å². The van der Waals surface area contributed by atoms with Gasteiger partial charge in [-0.25, -0.2) is 4.98 Å². The van der Waals surface area contributed by atoms with Gasteiger partial charge in [0.1, 0.15) is 0 Å². The third-order valence-corrected chi connectivity index (χ3v) is 3.96. The van der Waals surface area contributed by atoms with E-state index in [1.807, 2.05) is 17.3 Å². The molecule has 2 nitrogen and oxygen atoms in total. The molecule has 0 aromatic carbocycles. The highest BCUT2D eigenvalue weighted by Gasteiger charge is 2.09. The van der Waals surface area contributed by atoms with E-state index in [2.05, 4.69) is 30.4 Å². The Labute approximate surface area is 94.5 Å². The van der Waals surface area contributed by atoms with E-state index in [-0.39, 0.29) is 0 Å². The maximum atomic E-state index is 4.26. The van der Waals surface area contributed by atoms with Crippen molar-refractivity contribution in [2.75, 3.05) is 18.6 Å². The number of thioether (sulfide) groups is 1. The predicted octanol–water partition coefficient (Wildman–Crippen LogP) is 2.86. The predicted molar refractivity (Wildman–Crippen MR) is 66.3 cm³/mol. The number of thiazole rings is 1. The summed E-state index contributed by atoms with van der Waals surface area (Å²) in [4.78, 5) is 5.63. The second-order valence-electron chi connectivity index (χ2n) is 3.32. The minimum atomic E-state index is 0.448. The summed E-state index contributed by atoms with van der Waals surface area (Å²) in [6, 6.07) is 0.448. The molecule has 1 N–H and O–H groups in total. The van der Waals surface area contributed by atoms with Gasteiger partial charge in [0.25, 0.3) is 0 Å². The van der Waals surface area contributed by atoms with Crippen LogP contribution < -0.4 is 5.32 Å². The SMILES string of the molecule is CSCCCNC(C)c1scnc1C. The van der Waals surface area contributed by atoms with Crippen LogP contribution in [0.25, 0.3) is 0 Å². The average molecular weight is 230 g/mol. The highest BCUT2D eigenvalue weighted by molar-refractivity contribution is 7.98. The fourth-order valence-corrected chi connectivity index (χ4v) is 2.62. The second-order valence-corrected chi connectivity index (χ2v) is 5.20. The standard InChI is InChI=1S/C10H18N2S2/c1-8(11-5-4-6-13-3)10-9(2)12-7-14-10/h7-8,11H,4-6H2,1-3H3. The Morgan fingerprint density at radius 2 is 2.43 bits per heavy atom. The molecule has 4 heteroatoms. The Morgan fingerprint density at radius 1 is 1.64 bits per heavy atom. The summed E-state index contributed by atoms with van der Waals surface area (Å²) in [7, 11) is 0. The minimum absolute atomic E-state index is 0.448. The lowest BCUT2D eigenvalue weighted by Gasteiger charge is -2.12. The molecular formula is C10H18N2S2. The molecule has 0 fully saturated rings. The number of aromatic nitrogens is 1.